The third-order valence-electron chi connectivity index (χ3n) is 3.19. The van der Waals surface area contributed by atoms with Crippen molar-refractivity contribution >= 4 is 49.5 Å². The number of benzene rings is 2. The normalized spacial score (nSPS) is 11.1. The Morgan fingerprint density at radius 3 is 2.08 bits per heavy atom. The Balaban J connectivity index is 2.02. The minimum atomic E-state index is -0.444. The Hall–Kier alpha value is -2.32. The van der Waals surface area contributed by atoms with E-state index in [1.165, 1.54) is 4.68 Å². The average molecular weight is 450 g/mol. The highest BCUT2D eigenvalue weighted by molar-refractivity contribution is 9.10. The molecule has 0 spiro atoms. The number of aromatic amines is 1. The summed E-state index contributed by atoms with van der Waals surface area (Å²) in [7, 11) is 0. The lowest BCUT2D eigenvalue weighted by molar-refractivity contribution is 0.111. The van der Waals surface area contributed by atoms with E-state index in [0.29, 0.717) is 17.7 Å². The van der Waals surface area contributed by atoms with Gasteiger partial charge in [0.2, 0.25) is 0 Å². The van der Waals surface area contributed by atoms with Crippen molar-refractivity contribution in [2.45, 2.75) is 0 Å². The molecule has 0 amide bonds. The molecule has 0 radical (unpaired) electrons. The first-order valence-electron chi connectivity index (χ1n) is 6.82. The Kier molecular flexibility index (Phi) is 4.86. The van der Waals surface area contributed by atoms with Crippen molar-refractivity contribution in [3.05, 3.63) is 73.5 Å². The van der Waals surface area contributed by atoms with Crippen molar-refractivity contribution in [2.75, 3.05) is 0 Å². The number of aldehydes is 1. The van der Waals surface area contributed by atoms with E-state index < -0.39 is 5.56 Å². The van der Waals surface area contributed by atoms with E-state index in [1.54, 1.807) is 36.4 Å². The van der Waals surface area contributed by atoms with Gasteiger partial charge in [-0.15, -0.1) is 5.11 Å². The van der Waals surface area contributed by atoms with Crippen LogP contribution in [0.15, 0.2) is 72.5 Å². The van der Waals surface area contributed by atoms with Gasteiger partial charge >= 0.3 is 0 Å². The van der Waals surface area contributed by atoms with Gasteiger partial charge in [-0.3, -0.25) is 14.7 Å². The Morgan fingerprint density at radius 1 is 0.917 bits per heavy atom. The number of nitrogens with zero attached hydrogens (tertiary/aromatic N) is 3. The van der Waals surface area contributed by atoms with Crippen molar-refractivity contribution in [3.63, 3.8) is 0 Å². The second kappa shape index (κ2) is 7.06. The zero-order valence-electron chi connectivity index (χ0n) is 12.1. The van der Waals surface area contributed by atoms with Crippen LogP contribution in [-0.2, 0) is 0 Å². The summed E-state index contributed by atoms with van der Waals surface area (Å²) in [5, 5.41) is 10.7. The molecule has 1 heterocycles. The van der Waals surface area contributed by atoms with Gasteiger partial charge in [0.05, 0.1) is 11.4 Å². The van der Waals surface area contributed by atoms with E-state index in [4.69, 9.17) is 0 Å². The molecular formula is C16H10Br2N4O2. The molecule has 8 heteroatoms. The van der Waals surface area contributed by atoms with E-state index >= 15 is 0 Å². The van der Waals surface area contributed by atoms with Gasteiger partial charge in [-0.2, -0.15) is 5.11 Å². The van der Waals surface area contributed by atoms with Crippen LogP contribution >= 0.6 is 31.9 Å². The van der Waals surface area contributed by atoms with Crippen LogP contribution in [0.1, 0.15) is 10.5 Å². The van der Waals surface area contributed by atoms with Crippen molar-refractivity contribution < 1.29 is 4.79 Å². The smallest absolute Gasteiger partial charge is 0.296 e. The average Bonchev–Trinajstić information content (AvgIpc) is 2.91. The summed E-state index contributed by atoms with van der Waals surface area (Å²) in [6.07, 6.45) is 0.548. The van der Waals surface area contributed by atoms with Crippen molar-refractivity contribution in [3.8, 4) is 5.69 Å². The molecule has 0 saturated heterocycles. The van der Waals surface area contributed by atoms with Crippen molar-refractivity contribution in [2.24, 2.45) is 10.2 Å². The molecule has 0 unspecified atom stereocenters. The van der Waals surface area contributed by atoms with Crippen LogP contribution in [0.25, 0.3) is 5.69 Å². The van der Waals surface area contributed by atoms with Crippen LogP contribution in [-0.4, -0.2) is 16.1 Å². The molecule has 3 rings (SSSR count). The highest BCUT2D eigenvalue weighted by Crippen LogP contribution is 2.21. The van der Waals surface area contributed by atoms with Gasteiger partial charge < -0.3 is 0 Å². The molecule has 0 atom stereocenters. The zero-order valence-corrected chi connectivity index (χ0v) is 15.3. The van der Waals surface area contributed by atoms with Crippen LogP contribution in [0.3, 0.4) is 0 Å². The minimum Gasteiger partial charge on any atom is -0.296 e. The minimum absolute atomic E-state index is 0.0316. The maximum absolute atomic E-state index is 12.5. The van der Waals surface area contributed by atoms with Gasteiger partial charge in [0, 0.05) is 8.95 Å². The molecular weight excluding hydrogens is 440 g/mol. The molecule has 0 aliphatic rings. The van der Waals surface area contributed by atoms with Crippen molar-refractivity contribution in [1.29, 1.82) is 0 Å². The highest BCUT2D eigenvalue weighted by atomic mass is 79.9. The van der Waals surface area contributed by atoms with E-state index in [0.717, 1.165) is 8.95 Å². The van der Waals surface area contributed by atoms with Gasteiger partial charge in [0.15, 0.2) is 12.0 Å². The molecule has 3 aromatic rings. The predicted octanol–water partition coefficient (Wildman–Crippen LogP) is 4.92. The third kappa shape index (κ3) is 3.44. The summed E-state index contributed by atoms with van der Waals surface area (Å²) in [4.78, 5) is 23.7. The fourth-order valence-electron chi connectivity index (χ4n) is 2.01. The number of hydrogen-bond acceptors (Lipinski definition) is 4. The van der Waals surface area contributed by atoms with Gasteiger partial charge in [-0.1, -0.05) is 31.9 Å². The summed E-state index contributed by atoms with van der Waals surface area (Å²) >= 11 is 6.66. The van der Waals surface area contributed by atoms with Crippen LogP contribution in [0.5, 0.6) is 0 Å². The molecule has 1 N–H and O–H groups in total. The van der Waals surface area contributed by atoms with E-state index in [1.807, 2.05) is 12.1 Å². The standard InChI is InChI=1S/C16H10Br2N4O2/c17-10-1-5-12(6-2-10)19-20-15-14(9-23)21-22(16(15)24)13-7-3-11(18)4-8-13/h1-9,21H. The second-order valence-electron chi connectivity index (χ2n) is 4.79. The fourth-order valence-corrected chi connectivity index (χ4v) is 2.54. The van der Waals surface area contributed by atoms with E-state index in [-0.39, 0.29) is 11.4 Å². The Bertz CT molecular complexity index is 957. The number of carbonyl (C=O) groups excluding carboxylic acids is 1. The Labute approximate surface area is 153 Å². The molecule has 1 aromatic heterocycles. The number of halogens is 2. The lowest BCUT2D eigenvalue weighted by Gasteiger charge is -2.00. The maximum Gasteiger partial charge on any atom is 0.299 e. The van der Waals surface area contributed by atoms with Gasteiger partial charge in [0.25, 0.3) is 5.56 Å². The molecule has 0 fully saturated rings. The van der Waals surface area contributed by atoms with E-state index in [2.05, 4.69) is 47.2 Å². The van der Waals surface area contributed by atoms with Crippen LogP contribution in [0.2, 0.25) is 0 Å². The fraction of sp³-hybridized carbons (Fsp3) is 0. The highest BCUT2D eigenvalue weighted by Gasteiger charge is 2.14. The van der Waals surface area contributed by atoms with Gasteiger partial charge in [0.1, 0.15) is 5.69 Å². The number of carbonyl (C=O) groups is 1. The molecule has 0 aliphatic heterocycles. The first-order valence-corrected chi connectivity index (χ1v) is 8.40. The third-order valence-corrected chi connectivity index (χ3v) is 4.25. The number of H-pyrrole nitrogens is 1. The summed E-state index contributed by atoms with van der Waals surface area (Å²) < 4.78 is 3.05. The molecule has 0 bridgehead atoms. The first kappa shape index (κ1) is 16.5. The van der Waals surface area contributed by atoms with Crippen LogP contribution < -0.4 is 5.56 Å². The van der Waals surface area contributed by atoms with Gasteiger partial charge in [-0.05, 0) is 48.5 Å². The summed E-state index contributed by atoms with van der Waals surface area (Å²) in [6, 6.07) is 14.2. The SMILES string of the molecule is O=Cc1[nH]n(-c2ccc(Br)cc2)c(=O)c1N=Nc1ccc(Br)cc1. The number of hydrogen-bond donors (Lipinski definition) is 1. The molecule has 0 aliphatic carbocycles. The van der Waals surface area contributed by atoms with Crippen molar-refractivity contribution in [1.82, 2.24) is 9.78 Å². The van der Waals surface area contributed by atoms with Gasteiger partial charge in [-0.25, -0.2) is 4.68 Å². The summed E-state index contributed by atoms with van der Waals surface area (Å²) in [6.45, 7) is 0. The quantitative estimate of drug-likeness (QED) is 0.453. The summed E-state index contributed by atoms with van der Waals surface area (Å²) in [5.74, 6) is 0. The monoisotopic (exact) mass is 448 g/mol. The number of rotatable bonds is 4. The number of aromatic nitrogens is 2. The molecule has 120 valence electrons. The number of nitrogens with one attached hydrogen (secondary N) is 1. The largest absolute Gasteiger partial charge is 0.299 e. The molecule has 2 aromatic carbocycles. The Morgan fingerprint density at radius 2 is 1.50 bits per heavy atom. The first-order chi connectivity index (χ1) is 11.6. The molecule has 6 nitrogen and oxygen atoms in total. The second-order valence-corrected chi connectivity index (χ2v) is 6.62. The maximum atomic E-state index is 12.5. The predicted molar refractivity (Wildman–Crippen MR) is 97.8 cm³/mol. The van der Waals surface area contributed by atoms with Crippen LogP contribution in [0.4, 0.5) is 11.4 Å². The summed E-state index contributed by atoms with van der Waals surface area (Å²) in [5.41, 5.74) is 0.766. The number of azo groups is 1. The lowest BCUT2D eigenvalue weighted by Crippen LogP contribution is -2.13. The topological polar surface area (TPSA) is 79.6 Å². The van der Waals surface area contributed by atoms with Crippen LogP contribution in [0, 0.1) is 0 Å². The lowest BCUT2D eigenvalue weighted by atomic mass is 10.3. The molecule has 0 saturated carbocycles. The molecule has 24 heavy (non-hydrogen) atoms. The van der Waals surface area contributed by atoms with E-state index in [9.17, 15) is 9.59 Å². The zero-order chi connectivity index (χ0) is 17.1.